The Morgan fingerprint density at radius 2 is 1.36 bits per heavy atom. The number of ether oxygens (including phenoxy) is 2. The summed E-state index contributed by atoms with van der Waals surface area (Å²) in [5, 5.41) is 2.09. The molecule has 1 heterocycles. The molecule has 5 heteroatoms. The average molecular weight is 526 g/mol. The van der Waals surface area contributed by atoms with Crippen LogP contribution in [0.5, 0.6) is 0 Å². The summed E-state index contributed by atoms with van der Waals surface area (Å²) < 4.78 is 13.5. The minimum Gasteiger partial charge on any atom is -1.00 e. The Labute approximate surface area is 195 Å². The number of nitrogens with zero attached hydrogens (tertiary/aromatic N) is 1. The van der Waals surface area contributed by atoms with Crippen molar-refractivity contribution < 1.29 is 38.0 Å². The van der Waals surface area contributed by atoms with Crippen molar-refractivity contribution in [3.05, 3.63) is 17.1 Å². The molecule has 3 nitrogen and oxygen atoms in total. The SMILES string of the molecule is CCCCCCCCCCCCCCCCOCC(C[n+]1ccsc1)OC.[I-]. The first-order valence-electron chi connectivity index (χ1n) is 11.4. The topological polar surface area (TPSA) is 22.3 Å². The second-order valence-corrected chi connectivity index (χ2v) is 8.51. The van der Waals surface area contributed by atoms with E-state index in [1.165, 1.54) is 89.9 Å². The van der Waals surface area contributed by atoms with Gasteiger partial charge in [0.1, 0.15) is 6.10 Å². The highest BCUT2D eigenvalue weighted by Crippen LogP contribution is 2.13. The molecule has 0 saturated carbocycles. The smallest absolute Gasteiger partial charge is 0.224 e. The summed E-state index contributed by atoms with van der Waals surface area (Å²) in [5.41, 5.74) is 2.11. The molecule has 166 valence electrons. The van der Waals surface area contributed by atoms with Crippen LogP contribution in [0, 0.1) is 0 Å². The molecule has 0 aliphatic rings. The molecule has 0 aliphatic carbocycles. The first-order valence-corrected chi connectivity index (χ1v) is 12.3. The molecule has 28 heavy (non-hydrogen) atoms. The van der Waals surface area contributed by atoms with E-state index in [-0.39, 0.29) is 30.1 Å². The van der Waals surface area contributed by atoms with Crippen LogP contribution in [0.2, 0.25) is 0 Å². The van der Waals surface area contributed by atoms with Crippen LogP contribution in [0.3, 0.4) is 0 Å². The van der Waals surface area contributed by atoms with Gasteiger partial charge in [0.2, 0.25) is 5.51 Å². The lowest BCUT2D eigenvalue weighted by Crippen LogP contribution is -3.00. The number of aromatic nitrogens is 1. The maximum Gasteiger partial charge on any atom is 0.224 e. The van der Waals surface area contributed by atoms with E-state index < -0.39 is 0 Å². The van der Waals surface area contributed by atoms with Gasteiger partial charge in [-0.1, -0.05) is 102 Å². The zero-order valence-electron chi connectivity index (χ0n) is 18.4. The van der Waals surface area contributed by atoms with E-state index >= 15 is 0 Å². The zero-order chi connectivity index (χ0) is 19.4. The van der Waals surface area contributed by atoms with E-state index in [0.29, 0.717) is 6.61 Å². The van der Waals surface area contributed by atoms with E-state index in [9.17, 15) is 0 Å². The largest absolute Gasteiger partial charge is 1.00 e. The third-order valence-electron chi connectivity index (χ3n) is 5.22. The molecule has 0 spiro atoms. The van der Waals surface area contributed by atoms with Gasteiger partial charge in [-0.05, 0) is 6.42 Å². The van der Waals surface area contributed by atoms with Crippen molar-refractivity contribution in [3.8, 4) is 0 Å². The van der Waals surface area contributed by atoms with Crippen molar-refractivity contribution in [3.63, 3.8) is 0 Å². The second-order valence-electron chi connectivity index (χ2n) is 7.75. The molecule has 1 aromatic heterocycles. The van der Waals surface area contributed by atoms with Crippen molar-refractivity contribution in [1.82, 2.24) is 0 Å². The summed E-state index contributed by atoms with van der Waals surface area (Å²) in [5.74, 6) is 0. The molecule has 1 unspecified atom stereocenters. The minimum atomic E-state index is 0. The minimum absolute atomic E-state index is 0. The third-order valence-corrected chi connectivity index (χ3v) is 5.89. The van der Waals surface area contributed by atoms with Gasteiger partial charge in [0.15, 0.2) is 12.7 Å². The summed E-state index contributed by atoms with van der Waals surface area (Å²) in [6, 6.07) is 0. The maximum absolute atomic E-state index is 5.81. The number of halogens is 1. The molecule has 0 N–H and O–H groups in total. The molecule has 0 fully saturated rings. The summed E-state index contributed by atoms with van der Waals surface area (Å²) in [6.07, 6.45) is 21.8. The van der Waals surface area contributed by atoms with E-state index in [1.807, 2.05) is 0 Å². The number of thiazole rings is 1. The number of hydrogen-bond donors (Lipinski definition) is 0. The number of methoxy groups -OCH3 is 1. The van der Waals surface area contributed by atoms with E-state index in [0.717, 1.165) is 13.2 Å². The van der Waals surface area contributed by atoms with E-state index in [1.54, 1.807) is 18.4 Å². The molecule has 0 saturated heterocycles. The van der Waals surface area contributed by atoms with Crippen LogP contribution >= 0.6 is 11.3 Å². The molecule has 0 bridgehead atoms. The number of unbranched alkanes of at least 4 members (excludes halogenated alkanes) is 13. The van der Waals surface area contributed by atoms with Gasteiger partial charge in [-0.3, -0.25) is 0 Å². The summed E-state index contributed by atoms with van der Waals surface area (Å²) in [4.78, 5) is 0. The summed E-state index contributed by atoms with van der Waals surface area (Å²) >= 11 is 1.71. The van der Waals surface area contributed by atoms with Crippen molar-refractivity contribution in [2.24, 2.45) is 0 Å². The quantitative estimate of drug-likeness (QED) is 0.148. The lowest BCUT2D eigenvalue weighted by Gasteiger charge is -2.12. The Kier molecular flexibility index (Phi) is 22.2. The molecule has 0 amide bonds. The van der Waals surface area contributed by atoms with Crippen molar-refractivity contribution >= 4 is 11.3 Å². The van der Waals surface area contributed by atoms with Crippen LogP contribution in [0.4, 0.5) is 0 Å². The highest BCUT2D eigenvalue weighted by molar-refractivity contribution is 7.07. The zero-order valence-corrected chi connectivity index (χ0v) is 21.4. The predicted octanol–water partition coefficient (Wildman–Crippen LogP) is 3.55. The van der Waals surface area contributed by atoms with Gasteiger partial charge >= 0.3 is 0 Å². The van der Waals surface area contributed by atoms with Crippen molar-refractivity contribution in [1.29, 1.82) is 0 Å². The lowest BCUT2D eigenvalue weighted by atomic mass is 10.0. The first kappa shape index (κ1) is 28.3. The van der Waals surface area contributed by atoms with Gasteiger partial charge in [0.25, 0.3) is 0 Å². The van der Waals surface area contributed by atoms with Crippen LogP contribution in [0.15, 0.2) is 17.1 Å². The summed E-state index contributed by atoms with van der Waals surface area (Å²) in [6.45, 7) is 4.72. The molecular formula is C23H44INO2S. The van der Waals surface area contributed by atoms with Crippen molar-refractivity contribution in [2.75, 3.05) is 20.3 Å². The first-order chi connectivity index (χ1) is 13.4. The highest BCUT2D eigenvalue weighted by Gasteiger charge is 2.13. The Hall–Kier alpha value is 0.280. The lowest BCUT2D eigenvalue weighted by molar-refractivity contribution is -0.699. The fourth-order valence-corrected chi connectivity index (χ4v) is 4.02. The Bertz CT molecular complexity index is 403. The van der Waals surface area contributed by atoms with Gasteiger partial charge in [-0.2, -0.15) is 4.57 Å². The standard InChI is InChI=1S/C23H44NO2S.HI/c1-3-4-5-6-7-8-9-10-11-12-13-14-15-16-18-26-21-23(25-2)20-24-17-19-27-22-24;/h17,19,22-23H,3-16,18,20-21H2,1-2H3;1H/q+1;/p-1. The van der Waals surface area contributed by atoms with Crippen LogP contribution in [-0.4, -0.2) is 26.4 Å². The van der Waals surface area contributed by atoms with Crippen LogP contribution < -0.4 is 28.5 Å². The van der Waals surface area contributed by atoms with Gasteiger partial charge in [-0.25, -0.2) is 0 Å². The maximum atomic E-state index is 5.81. The monoisotopic (exact) mass is 525 g/mol. The summed E-state index contributed by atoms with van der Waals surface area (Å²) in [7, 11) is 1.77. The van der Waals surface area contributed by atoms with Gasteiger partial charge in [-0.15, -0.1) is 0 Å². The van der Waals surface area contributed by atoms with Crippen molar-refractivity contribution in [2.45, 2.75) is 109 Å². The van der Waals surface area contributed by atoms with E-state index in [4.69, 9.17) is 9.47 Å². The van der Waals surface area contributed by atoms with Gasteiger partial charge < -0.3 is 33.5 Å². The predicted molar refractivity (Wildman–Crippen MR) is 116 cm³/mol. The number of hydrogen-bond acceptors (Lipinski definition) is 3. The number of rotatable bonds is 20. The second kappa shape index (κ2) is 22.0. The highest BCUT2D eigenvalue weighted by atomic mass is 127. The van der Waals surface area contributed by atoms with Crippen LogP contribution in [0.25, 0.3) is 0 Å². The van der Waals surface area contributed by atoms with Crippen LogP contribution in [0.1, 0.15) is 96.8 Å². The molecule has 1 rings (SSSR count). The van der Waals surface area contributed by atoms with Gasteiger partial charge in [0.05, 0.1) is 12.0 Å². The van der Waals surface area contributed by atoms with Crippen LogP contribution in [-0.2, 0) is 16.0 Å². The fraction of sp³-hybridized carbons (Fsp3) is 0.870. The average Bonchev–Trinajstić information content (AvgIpc) is 3.19. The molecule has 1 aromatic rings. The molecule has 0 aliphatic heterocycles. The Balaban J connectivity index is 0.00000729. The molecule has 0 aromatic carbocycles. The molecular weight excluding hydrogens is 481 g/mol. The third kappa shape index (κ3) is 17.2. The molecule has 0 radical (unpaired) electrons. The van der Waals surface area contributed by atoms with Gasteiger partial charge in [0, 0.05) is 13.7 Å². The fourth-order valence-electron chi connectivity index (χ4n) is 3.41. The molecule has 1 atom stereocenters. The van der Waals surface area contributed by atoms with E-state index in [2.05, 4.69) is 28.6 Å². The normalized spacial score (nSPS) is 12.1. The Morgan fingerprint density at radius 3 is 1.82 bits per heavy atom. The Morgan fingerprint density at radius 1 is 0.821 bits per heavy atom.